The first kappa shape index (κ1) is 12.9. The lowest BCUT2D eigenvalue weighted by molar-refractivity contribution is 0.575. The zero-order chi connectivity index (χ0) is 12.2. The molecular formula is C10H15FN2O2S. The molecule has 0 saturated heterocycles. The third kappa shape index (κ3) is 3.18. The van der Waals surface area contributed by atoms with Gasteiger partial charge in [-0.1, -0.05) is 13.3 Å². The Labute approximate surface area is 94.7 Å². The van der Waals surface area contributed by atoms with Crippen molar-refractivity contribution in [3.05, 3.63) is 24.0 Å². The zero-order valence-corrected chi connectivity index (χ0v) is 9.85. The number of hydrogen-bond donors (Lipinski definition) is 2. The molecule has 3 N–H and O–H groups in total. The number of hydrogen-bond acceptors (Lipinski definition) is 3. The van der Waals surface area contributed by atoms with Gasteiger partial charge >= 0.3 is 0 Å². The first-order valence-corrected chi connectivity index (χ1v) is 6.50. The molecule has 0 heterocycles. The number of nitrogens with two attached hydrogens (primary N) is 1. The Morgan fingerprint density at radius 1 is 1.44 bits per heavy atom. The van der Waals surface area contributed by atoms with Gasteiger partial charge in [-0.2, -0.15) is 0 Å². The average molecular weight is 246 g/mol. The number of unbranched alkanes of at least 4 members (excludes halogenated alkanes) is 1. The average Bonchev–Trinajstić information content (AvgIpc) is 2.22. The summed E-state index contributed by atoms with van der Waals surface area (Å²) in [5, 5.41) is 0. The van der Waals surface area contributed by atoms with Gasteiger partial charge in [0.05, 0.1) is 10.6 Å². The highest BCUT2D eigenvalue weighted by Gasteiger charge is 2.14. The summed E-state index contributed by atoms with van der Waals surface area (Å²) < 4.78 is 38.8. The van der Waals surface area contributed by atoms with Crippen LogP contribution in [0.1, 0.15) is 19.8 Å². The number of anilines is 1. The van der Waals surface area contributed by atoms with Crippen molar-refractivity contribution in [1.82, 2.24) is 4.72 Å². The van der Waals surface area contributed by atoms with Gasteiger partial charge in [0, 0.05) is 6.54 Å². The molecule has 0 aromatic heterocycles. The van der Waals surface area contributed by atoms with Crippen LogP contribution in [0.3, 0.4) is 0 Å². The van der Waals surface area contributed by atoms with Crippen LogP contribution in [0.15, 0.2) is 23.1 Å². The lowest BCUT2D eigenvalue weighted by Gasteiger charge is -2.06. The van der Waals surface area contributed by atoms with Crippen molar-refractivity contribution in [2.75, 3.05) is 12.3 Å². The Morgan fingerprint density at radius 3 is 2.69 bits per heavy atom. The van der Waals surface area contributed by atoms with E-state index in [1.165, 1.54) is 12.1 Å². The molecule has 0 spiro atoms. The number of nitrogens with one attached hydrogen (secondary N) is 1. The van der Waals surface area contributed by atoms with E-state index in [2.05, 4.69) is 4.72 Å². The van der Waals surface area contributed by atoms with E-state index in [0.29, 0.717) is 6.54 Å². The second-order valence-electron chi connectivity index (χ2n) is 3.43. The van der Waals surface area contributed by atoms with E-state index in [9.17, 15) is 12.8 Å². The molecule has 0 fully saturated rings. The lowest BCUT2D eigenvalue weighted by atomic mass is 10.3. The molecule has 0 aliphatic rings. The molecule has 0 saturated carbocycles. The molecule has 1 rings (SSSR count). The van der Waals surface area contributed by atoms with Crippen molar-refractivity contribution in [2.24, 2.45) is 0 Å². The molecule has 90 valence electrons. The van der Waals surface area contributed by atoms with Crippen LogP contribution < -0.4 is 10.5 Å². The molecular weight excluding hydrogens is 231 g/mol. The fourth-order valence-electron chi connectivity index (χ4n) is 1.14. The van der Waals surface area contributed by atoms with E-state index in [4.69, 9.17) is 5.73 Å². The van der Waals surface area contributed by atoms with Crippen molar-refractivity contribution in [1.29, 1.82) is 0 Å². The maximum absolute atomic E-state index is 13.1. The molecule has 0 aliphatic carbocycles. The van der Waals surface area contributed by atoms with Crippen LogP contribution in [-0.4, -0.2) is 15.0 Å². The highest BCUT2D eigenvalue weighted by atomic mass is 32.2. The van der Waals surface area contributed by atoms with Crippen LogP contribution in [0.25, 0.3) is 0 Å². The maximum Gasteiger partial charge on any atom is 0.240 e. The van der Waals surface area contributed by atoms with E-state index < -0.39 is 15.8 Å². The lowest BCUT2D eigenvalue weighted by Crippen LogP contribution is -2.24. The van der Waals surface area contributed by atoms with Crippen molar-refractivity contribution in [3.8, 4) is 0 Å². The van der Waals surface area contributed by atoms with Gasteiger partial charge in [0.15, 0.2) is 0 Å². The second-order valence-corrected chi connectivity index (χ2v) is 5.20. The molecule has 0 aliphatic heterocycles. The van der Waals surface area contributed by atoms with Gasteiger partial charge in [-0.05, 0) is 24.6 Å². The van der Waals surface area contributed by atoms with Crippen molar-refractivity contribution in [2.45, 2.75) is 24.7 Å². The summed E-state index contributed by atoms with van der Waals surface area (Å²) in [7, 11) is -3.62. The molecule has 1 aromatic rings. The summed E-state index contributed by atoms with van der Waals surface area (Å²) in [5.41, 5.74) is 5.20. The quantitative estimate of drug-likeness (QED) is 0.610. The molecule has 0 atom stereocenters. The molecule has 1 aromatic carbocycles. The smallest absolute Gasteiger partial charge is 0.240 e. The van der Waals surface area contributed by atoms with Gasteiger partial charge in [0.2, 0.25) is 10.0 Å². The van der Waals surface area contributed by atoms with E-state index in [1.807, 2.05) is 6.92 Å². The minimum Gasteiger partial charge on any atom is -0.396 e. The van der Waals surface area contributed by atoms with Gasteiger partial charge in [-0.3, -0.25) is 0 Å². The first-order valence-electron chi connectivity index (χ1n) is 5.02. The highest BCUT2D eigenvalue weighted by molar-refractivity contribution is 7.89. The fraction of sp³-hybridized carbons (Fsp3) is 0.400. The molecule has 0 unspecified atom stereocenters. The molecule has 0 bridgehead atoms. The van der Waals surface area contributed by atoms with Gasteiger partial charge in [0.1, 0.15) is 5.82 Å². The topological polar surface area (TPSA) is 72.2 Å². The normalized spacial score (nSPS) is 11.6. The van der Waals surface area contributed by atoms with E-state index in [-0.39, 0.29) is 10.6 Å². The van der Waals surface area contributed by atoms with Crippen LogP contribution in [0.4, 0.5) is 10.1 Å². The molecule has 0 radical (unpaired) electrons. The van der Waals surface area contributed by atoms with Crippen LogP contribution in [0.2, 0.25) is 0 Å². The van der Waals surface area contributed by atoms with Gasteiger partial charge in [0.25, 0.3) is 0 Å². The van der Waals surface area contributed by atoms with E-state index >= 15 is 0 Å². The number of sulfonamides is 1. The number of halogens is 1. The minimum atomic E-state index is -3.62. The summed E-state index contributed by atoms with van der Waals surface area (Å²) >= 11 is 0. The zero-order valence-electron chi connectivity index (χ0n) is 9.03. The Morgan fingerprint density at radius 2 is 2.12 bits per heavy atom. The number of rotatable bonds is 5. The van der Waals surface area contributed by atoms with E-state index in [0.717, 1.165) is 18.9 Å². The Hall–Kier alpha value is -1.14. The number of benzene rings is 1. The van der Waals surface area contributed by atoms with Crippen LogP contribution in [-0.2, 0) is 10.0 Å². The summed E-state index contributed by atoms with van der Waals surface area (Å²) in [4.78, 5) is -0.102. The third-order valence-corrected chi connectivity index (χ3v) is 3.56. The Kier molecular flexibility index (Phi) is 4.26. The monoisotopic (exact) mass is 246 g/mol. The van der Waals surface area contributed by atoms with Crippen molar-refractivity contribution < 1.29 is 12.8 Å². The Balaban J connectivity index is 2.86. The number of nitrogen functional groups attached to an aromatic ring is 1. The summed E-state index contributed by atoms with van der Waals surface area (Å²) in [6, 6.07) is 3.44. The summed E-state index contributed by atoms with van der Waals surface area (Å²) in [6.07, 6.45) is 1.63. The maximum atomic E-state index is 13.1. The fourth-order valence-corrected chi connectivity index (χ4v) is 2.23. The standard InChI is InChI=1S/C10H15FN2O2S/c1-2-3-6-13-16(14,15)8-4-5-10(12)9(11)7-8/h4-5,7,13H,2-3,6,12H2,1H3. The predicted molar refractivity (Wildman–Crippen MR) is 60.9 cm³/mol. The van der Waals surface area contributed by atoms with Crippen molar-refractivity contribution in [3.63, 3.8) is 0 Å². The largest absolute Gasteiger partial charge is 0.396 e. The molecule has 0 amide bonds. The van der Waals surface area contributed by atoms with Crippen molar-refractivity contribution >= 4 is 15.7 Å². The molecule has 4 nitrogen and oxygen atoms in total. The SMILES string of the molecule is CCCCNS(=O)(=O)c1ccc(N)c(F)c1. The van der Waals surface area contributed by atoms with E-state index in [1.54, 1.807) is 0 Å². The molecule has 6 heteroatoms. The predicted octanol–water partition coefficient (Wildman–Crippen LogP) is 1.49. The van der Waals surface area contributed by atoms with Gasteiger partial charge < -0.3 is 5.73 Å². The molecule has 16 heavy (non-hydrogen) atoms. The highest BCUT2D eigenvalue weighted by Crippen LogP contribution is 2.15. The van der Waals surface area contributed by atoms with Crippen LogP contribution >= 0.6 is 0 Å². The Bertz CT molecular complexity index is 460. The second kappa shape index (κ2) is 5.27. The summed E-state index contributed by atoms with van der Waals surface area (Å²) in [6.45, 7) is 2.31. The van der Waals surface area contributed by atoms with Crippen LogP contribution in [0, 0.1) is 5.82 Å². The van der Waals surface area contributed by atoms with Crippen LogP contribution in [0.5, 0.6) is 0 Å². The van der Waals surface area contributed by atoms with Gasteiger partial charge in [-0.25, -0.2) is 17.5 Å². The summed E-state index contributed by atoms with van der Waals surface area (Å²) in [5.74, 6) is -0.724. The third-order valence-electron chi connectivity index (χ3n) is 2.10. The first-order chi connectivity index (χ1) is 7.47. The minimum absolute atomic E-state index is 0.0625. The van der Waals surface area contributed by atoms with Gasteiger partial charge in [-0.15, -0.1) is 0 Å².